The van der Waals surface area contributed by atoms with Crippen LogP contribution in [0.5, 0.6) is 0 Å². The van der Waals surface area contributed by atoms with Gasteiger partial charge < -0.3 is 4.74 Å². The molecular weight excluding hydrogens is 300 g/mol. The van der Waals surface area contributed by atoms with Crippen LogP contribution in [0.3, 0.4) is 0 Å². The topological polar surface area (TPSA) is 26.3 Å². The van der Waals surface area contributed by atoms with Crippen LogP contribution in [0.1, 0.15) is 6.92 Å². The van der Waals surface area contributed by atoms with Crippen molar-refractivity contribution in [1.82, 2.24) is 0 Å². The molecule has 13 heavy (non-hydrogen) atoms. The Bertz CT molecular complexity index is 344. The highest BCUT2D eigenvalue weighted by Gasteiger charge is 2.18. The molecule has 1 aliphatic heterocycles. The maximum Gasteiger partial charge on any atom is 0.308 e. The first-order valence-corrected chi connectivity index (χ1v) is 5.29. The summed E-state index contributed by atoms with van der Waals surface area (Å²) in [4.78, 5) is 10.4. The van der Waals surface area contributed by atoms with Gasteiger partial charge in [-0.05, 0) is 20.7 Å². The monoisotopic (exact) mass is 304 g/mol. The van der Waals surface area contributed by atoms with Crippen molar-refractivity contribution in [2.45, 2.75) is 6.92 Å². The van der Waals surface area contributed by atoms with Crippen molar-refractivity contribution in [3.05, 3.63) is 21.6 Å². The number of ether oxygens (including phenoxy) is 1. The van der Waals surface area contributed by atoms with E-state index in [0.717, 1.165) is 6.92 Å². The predicted octanol–water partition coefficient (Wildman–Crippen LogP) is 2.63. The van der Waals surface area contributed by atoms with E-state index in [1.165, 1.54) is 0 Å². The lowest BCUT2D eigenvalue weighted by molar-refractivity contribution is -0.132. The average molecular weight is 304 g/mol. The Labute approximate surface area is 81.8 Å². The van der Waals surface area contributed by atoms with Gasteiger partial charge in [-0.25, -0.2) is 4.39 Å². The van der Waals surface area contributed by atoms with Crippen molar-refractivity contribution >= 4 is 30.4 Å². The molecule has 2 nitrogen and oxygen atoms in total. The number of hydrogen-bond donors (Lipinski definition) is 0. The zero-order valence-electron chi connectivity index (χ0n) is 6.41. The van der Waals surface area contributed by atoms with Crippen LogP contribution in [0.4, 0.5) is 13.2 Å². The molecule has 0 aromatic carbocycles. The van der Waals surface area contributed by atoms with Gasteiger partial charge in [-0.2, -0.15) is 8.78 Å². The highest BCUT2D eigenvalue weighted by atomic mass is 127. The lowest BCUT2D eigenvalue weighted by atomic mass is 10.4. The lowest BCUT2D eigenvalue weighted by Gasteiger charge is -2.05. The minimum Gasteiger partial charge on any atom is -0.420 e. The Hall–Kier alpha value is -0.660. The third-order valence-corrected chi connectivity index (χ3v) is 3.04. The Morgan fingerprint density at radius 2 is 2.08 bits per heavy atom. The molecule has 0 bridgehead atoms. The second kappa shape index (κ2) is 4.03. The standard InChI is InChI=1S/C7H4F3IO2/c1-3(12)13-5-2-4(8)6(9)7(10)11-5/h2H,1H3. The summed E-state index contributed by atoms with van der Waals surface area (Å²) in [6.07, 6.45) is 0.701. The van der Waals surface area contributed by atoms with Crippen molar-refractivity contribution in [2.75, 3.05) is 0 Å². The molecule has 0 radical (unpaired) electrons. The molecule has 0 atom stereocenters. The van der Waals surface area contributed by atoms with Gasteiger partial charge in [-0.3, -0.25) is 4.79 Å². The summed E-state index contributed by atoms with van der Waals surface area (Å²) in [6, 6.07) is 0. The van der Waals surface area contributed by atoms with E-state index < -0.39 is 42.2 Å². The second-order valence-corrected chi connectivity index (χ2v) is 4.61. The molecule has 0 fully saturated rings. The van der Waals surface area contributed by atoms with Crippen LogP contribution >= 0.6 is 20.7 Å². The van der Waals surface area contributed by atoms with Crippen LogP contribution in [-0.2, 0) is 9.53 Å². The van der Waals surface area contributed by atoms with Gasteiger partial charge in [0.1, 0.15) is 0 Å². The molecule has 1 rings (SSSR count). The summed E-state index contributed by atoms with van der Waals surface area (Å²) in [6.45, 7) is 1.11. The van der Waals surface area contributed by atoms with Crippen LogP contribution in [0.25, 0.3) is 0 Å². The first-order chi connectivity index (χ1) is 6.00. The lowest BCUT2D eigenvalue weighted by Crippen LogP contribution is -2.06. The molecule has 6 heteroatoms. The minimum atomic E-state index is -1.52. The smallest absolute Gasteiger partial charge is 0.308 e. The minimum absolute atomic E-state index is 0.122. The maximum atomic E-state index is 12.6. The number of carbonyl (C=O) groups excluding carboxylic acids is 1. The van der Waals surface area contributed by atoms with Gasteiger partial charge in [-0.1, -0.05) is 0 Å². The number of allylic oxidation sites excluding steroid dienone is 2. The van der Waals surface area contributed by atoms with E-state index in [1.807, 2.05) is 0 Å². The molecular formula is C7H4F3IO2. The molecule has 0 aliphatic carbocycles. The second-order valence-electron chi connectivity index (χ2n) is 2.06. The van der Waals surface area contributed by atoms with Gasteiger partial charge >= 0.3 is 5.97 Å². The van der Waals surface area contributed by atoms with E-state index in [-0.39, 0.29) is 3.69 Å². The molecule has 0 N–H and O–H groups in total. The highest BCUT2D eigenvalue weighted by Crippen LogP contribution is 2.33. The van der Waals surface area contributed by atoms with Gasteiger partial charge in [0.2, 0.25) is 0 Å². The predicted molar refractivity (Wildman–Crippen MR) is 49.2 cm³/mol. The zero-order chi connectivity index (χ0) is 10.0. The molecule has 0 amide bonds. The Morgan fingerprint density at radius 3 is 2.54 bits per heavy atom. The van der Waals surface area contributed by atoms with Gasteiger partial charge in [0.25, 0.3) is 0 Å². The highest BCUT2D eigenvalue weighted by molar-refractivity contribution is 14.2. The molecule has 1 aliphatic rings. The van der Waals surface area contributed by atoms with Crippen LogP contribution < -0.4 is 0 Å². The van der Waals surface area contributed by atoms with Crippen molar-refractivity contribution in [2.24, 2.45) is 0 Å². The molecule has 0 spiro atoms. The normalized spacial score (nSPS) is 17.2. The molecule has 72 valence electrons. The van der Waals surface area contributed by atoms with Crippen molar-refractivity contribution in [3.8, 4) is 0 Å². The average Bonchev–Trinajstić information content (AvgIpc) is 1.98. The van der Waals surface area contributed by atoms with Crippen LogP contribution in [0.15, 0.2) is 21.6 Å². The van der Waals surface area contributed by atoms with E-state index in [4.69, 9.17) is 0 Å². The van der Waals surface area contributed by atoms with E-state index in [1.54, 1.807) is 0 Å². The number of esters is 1. The summed E-state index contributed by atoms with van der Waals surface area (Å²) in [7, 11) is 0. The summed E-state index contributed by atoms with van der Waals surface area (Å²) >= 11 is -1.52. The summed E-state index contributed by atoms with van der Waals surface area (Å²) in [5.41, 5.74) is 0. The summed E-state index contributed by atoms with van der Waals surface area (Å²) in [5, 5.41) is 0. The fraction of sp³-hybridized carbons (Fsp3) is 0.143. The van der Waals surface area contributed by atoms with Gasteiger partial charge in [0.15, 0.2) is 19.2 Å². The number of rotatable bonds is 1. The molecule has 0 aromatic rings. The third kappa shape index (κ3) is 2.64. The quantitative estimate of drug-likeness (QED) is 0.550. The maximum absolute atomic E-state index is 12.6. The van der Waals surface area contributed by atoms with E-state index in [9.17, 15) is 18.0 Å². The zero-order valence-corrected chi connectivity index (χ0v) is 8.56. The number of carbonyl (C=O) groups is 1. The van der Waals surface area contributed by atoms with Gasteiger partial charge in [-0.15, -0.1) is 0 Å². The van der Waals surface area contributed by atoms with Gasteiger partial charge in [0, 0.05) is 13.0 Å². The summed E-state index contributed by atoms with van der Waals surface area (Å²) < 4.78 is 40.7. The fourth-order valence-corrected chi connectivity index (χ4v) is 2.40. The molecule has 0 saturated carbocycles. The Balaban J connectivity index is 2.94. The van der Waals surface area contributed by atoms with Gasteiger partial charge in [0.05, 0.1) is 0 Å². The van der Waals surface area contributed by atoms with Crippen molar-refractivity contribution in [3.63, 3.8) is 0 Å². The SMILES string of the molecule is CC(=O)OC1=IC(F)=C(F)C(F)=C1. The molecule has 0 aromatic heterocycles. The summed E-state index contributed by atoms with van der Waals surface area (Å²) in [5.74, 6) is -3.49. The number of hydrogen-bond acceptors (Lipinski definition) is 2. The van der Waals surface area contributed by atoms with Crippen LogP contribution in [-0.4, -0.2) is 9.66 Å². The van der Waals surface area contributed by atoms with Crippen molar-refractivity contribution < 1.29 is 22.7 Å². The third-order valence-electron chi connectivity index (χ3n) is 1.03. The van der Waals surface area contributed by atoms with Crippen LogP contribution in [0, 0.1) is 0 Å². The Kier molecular flexibility index (Phi) is 3.23. The first kappa shape index (κ1) is 10.4. The fourth-order valence-electron chi connectivity index (χ4n) is 0.590. The molecule has 1 heterocycles. The molecule has 0 unspecified atom stereocenters. The van der Waals surface area contributed by atoms with Crippen molar-refractivity contribution in [1.29, 1.82) is 0 Å². The van der Waals surface area contributed by atoms with E-state index >= 15 is 0 Å². The number of halogens is 4. The largest absolute Gasteiger partial charge is 0.420 e. The first-order valence-electron chi connectivity index (χ1n) is 3.13. The van der Waals surface area contributed by atoms with Crippen LogP contribution in [0.2, 0.25) is 0 Å². The van der Waals surface area contributed by atoms with E-state index in [2.05, 4.69) is 4.74 Å². The van der Waals surface area contributed by atoms with E-state index in [0.29, 0.717) is 6.08 Å². The molecule has 0 saturated heterocycles. The Morgan fingerprint density at radius 1 is 1.46 bits per heavy atom.